The van der Waals surface area contributed by atoms with E-state index < -0.39 is 48.4 Å². The first-order chi connectivity index (χ1) is 13.9. The summed E-state index contributed by atoms with van der Waals surface area (Å²) in [6, 6.07) is 21.2. The number of aliphatic hydroxyl groups excluding tert-OH is 2. The van der Waals surface area contributed by atoms with Crippen molar-refractivity contribution >= 4 is 16.5 Å². The molecule has 0 bridgehead atoms. The highest BCUT2D eigenvalue weighted by molar-refractivity contribution is 7.32. The van der Waals surface area contributed by atoms with Crippen LogP contribution in [0, 0.1) is 5.41 Å². The second kappa shape index (κ2) is 14.4. The summed E-state index contributed by atoms with van der Waals surface area (Å²) in [5, 5.41) is 17.9. The van der Waals surface area contributed by atoms with Crippen molar-refractivity contribution in [3.05, 3.63) is 71.8 Å². The summed E-state index contributed by atoms with van der Waals surface area (Å²) in [6.45, 7) is -2.16. The van der Waals surface area contributed by atoms with E-state index >= 15 is 0 Å². The van der Waals surface area contributed by atoms with Crippen LogP contribution in [-0.4, -0.2) is 46.4 Å². The molecule has 2 aromatic carbocycles. The average molecular weight is 444 g/mol. The van der Waals surface area contributed by atoms with Crippen LogP contribution in [-0.2, 0) is 31.0 Å². The smallest absolute Gasteiger partial charge is 0.396 e. The molecule has 0 amide bonds. The van der Waals surface area contributed by atoms with Crippen LogP contribution in [0.15, 0.2) is 60.7 Å². The molecule has 0 radical (unpaired) electrons. The molecule has 10 heteroatoms. The van der Waals surface area contributed by atoms with E-state index in [0.29, 0.717) is 0 Å². The molecule has 0 heterocycles. The fraction of sp³-hybridized carbons (Fsp3) is 0.368. The van der Waals surface area contributed by atoms with Gasteiger partial charge < -0.3 is 10.2 Å². The zero-order chi connectivity index (χ0) is 21.5. The molecular weight excluding hydrogens is 418 g/mol. The van der Waals surface area contributed by atoms with Gasteiger partial charge in [-0.1, -0.05) is 60.7 Å². The molecule has 2 rings (SSSR count). The number of hydrogen-bond acceptors (Lipinski definition) is 6. The normalized spacial score (nSPS) is 12.0. The van der Waals surface area contributed by atoms with E-state index in [1.807, 2.05) is 0 Å². The van der Waals surface area contributed by atoms with Crippen molar-refractivity contribution in [2.45, 2.75) is 12.8 Å². The van der Waals surface area contributed by atoms with Crippen LogP contribution >= 0.6 is 16.5 Å². The Labute approximate surface area is 171 Å². The van der Waals surface area contributed by atoms with E-state index in [4.69, 9.17) is 20.0 Å². The van der Waals surface area contributed by atoms with Gasteiger partial charge in [-0.15, -0.1) is 18.8 Å². The van der Waals surface area contributed by atoms with Crippen LogP contribution in [0.5, 0.6) is 0 Å². The van der Waals surface area contributed by atoms with Crippen molar-refractivity contribution in [1.29, 1.82) is 0 Å². The zero-order valence-corrected chi connectivity index (χ0v) is 17.6. The van der Waals surface area contributed by atoms with E-state index in [1.54, 1.807) is 0 Å². The van der Waals surface area contributed by atoms with Crippen molar-refractivity contribution in [1.82, 2.24) is 0 Å². The van der Waals surface area contributed by atoms with Crippen molar-refractivity contribution in [2.75, 3.05) is 26.4 Å². The Morgan fingerprint density at radius 3 is 1.31 bits per heavy atom. The number of benzene rings is 2. The summed E-state index contributed by atoms with van der Waals surface area (Å²) >= 11 is 0. The molecule has 2 aromatic rings. The molecular formula is C19H26O8P2+2. The highest BCUT2D eigenvalue weighted by Crippen LogP contribution is 2.27. The number of aliphatic hydroxyl groups is 2. The van der Waals surface area contributed by atoms with Gasteiger partial charge in [-0.25, -0.2) is 0 Å². The fourth-order valence-electron chi connectivity index (χ4n) is 2.24. The molecule has 158 valence electrons. The Morgan fingerprint density at radius 1 is 0.690 bits per heavy atom. The maximum absolute atomic E-state index is 10.2. The summed E-state index contributed by atoms with van der Waals surface area (Å²) in [6.07, 6.45) is 2.26. The monoisotopic (exact) mass is 444 g/mol. The average Bonchev–Trinajstić information content (AvgIpc) is 2.75. The van der Waals surface area contributed by atoms with Crippen molar-refractivity contribution < 1.29 is 38.2 Å². The van der Waals surface area contributed by atoms with Crippen molar-refractivity contribution in [3.8, 4) is 0 Å². The highest BCUT2D eigenvalue weighted by Gasteiger charge is 2.37. The maximum Gasteiger partial charge on any atom is 0.694 e. The lowest BCUT2D eigenvalue weighted by molar-refractivity contribution is -0.0193. The molecule has 4 N–H and O–H groups in total. The van der Waals surface area contributed by atoms with Crippen LogP contribution in [0.2, 0.25) is 0 Å². The van der Waals surface area contributed by atoms with Gasteiger partial charge in [-0.3, -0.25) is 0 Å². The minimum atomic E-state index is -2.87. The maximum atomic E-state index is 10.2. The molecule has 0 saturated heterocycles. The standard InChI is InChI=1S/C14H14.C5H10O8P2/c1-3-7-13(8-4-1)11-12-14-9-5-2-6-10-14;6-1-5(2-7,3-12-14(8)9)4-13-15(10)11/h1-10H,11-12H2;6-7H,1-4H2/p+2. The molecule has 0 fully saturated rings. The molecule has 2 unspecified atom stereocenters. The van der Waals surface area contributed by atoms with E-state index in [2.05, 4.69) is 69.7 Å². The first-order valence-electron chi connectivity index (χ1n) is 8.78. The summed E-state index contributed by atoms with van der Waals surface area (Å²) < 4.78 is 29.1. The summed E-state index contributed by atoms with van der Waals surface area (Å²) in [7, 11) is -5.73. The molecule has 0 aromatic heterocycles. The van der Waals surface area contributed by atoms with Crippen LogP contribution < -0.4 is 0 Å². The highest BCUT2D eigenvalue weighted by atomic mass is 31.1. The molecule has 0 spiro atoms. The van der Waals surface area contributed by atoms with Gasteiger partial charge in [0.2, 0.25) is 0 Å². The van der Waals surface area contributed by atoms with Crippen molar-refractivity contribution in [2.24, 2.45) is 5.41 Å². The van der Waals surface area contributed by atoms with E-state index in [9.17, 15) is 9.13 Å². The van der Waals surface area contributed by atoms with Gasteiger partial charge in [0.15, 0.2) is 0 Å². The lowest BCUT2D eigenvalue weighted by Crippen LogP contribution is -2.38. The second-order valence-corrected chi connectivity index (χ2v) is 7.78. The Kier molecular flexibility index (Phi) is 12.6. The number of rotatable bonds is 11. The largest absolute Gasteiger partial charge is 0.694 e. The Balaban J connectivity index is 0.000000290. The van der Waals surface area contributed by atoms with Crippen LogP contribution in [0.4, 0.5) is 0 Å². The third-order valence-electron chi connectivity index (χ3n) is 4.02. The Morgan fingerprint density at radius 2 is 1.03 bits per heavy atom. The van der Waals surface area contributed by atoms with Gasteiger partial charge in [0.25, 0.3) is 0 Å². The Hall–Kier alpha value is -1.60. The molecule has 29 heavy (non-hydrogen) atoms. The zero-order valence-electron chi connectivity index (χ0n) is 15.8. The lowest BCUT2D eigenvalue weighted by Gasteiger charge is -2.23. The third kappa shape index (κ3) is 11.2. The predicted octanol–water partition coefficient (Wildman–Crippen LogP) is 2.76. The van der Waals surface area contributed by atoms with Gasteiger partial charge >= 0.3 is 16.5 Å². The van der Waals surface area contributed by atoms with Gasteiger partial charge in [-0.05, 0) is 24.0 Å². The molecule has 0 aliphatic carbocycles. The lowest BCUT2D eigenvalue weighted by atomic mass is 9.93. The SMILES string of the molecule is O=[P+](O)OCC(CO)(CO)CO[P+](=O)O.c1ccc(CCc2ccccc2)cc1. The minimum absolute atomic E-state index is 0.463. The number of aryl methyl sites for hydroxylation is 2. The number of hydrogen-bond donors (Lipinski definition) is 4. The molecule has 2 atom stereocenters. The van der Waals surface area contributed by atoms with Crippen LogP contribution in [0.1, 0.15) is 11.1 Å². The molecule has 0 saturated carbocycles. The molecule has 0 aliphatic heterocycles. The van der Waals surface area contributed by atoms with Gasteiger partial charge in [0.1, 0.15) is 13.2 Å². The van der Waals surface area contributed by atoms with E-state index in [0.717, 1.165) is 12.8 Å². The van der Waals surface area contributed by atoms with E-state index in [1.165, 1.54) is 11.1 Å². The quantitative estimate of drug-likeness (QED) is 0.389. The third-order valence-corrected chi connectivity index (χ3v) is 4.72. The van der Waals surface area contributed by atoms with Crippen LogP contribution in [0.3, 0.4) is 0 Å². The van der Waals surface area contributed by atoms with Crippen molar-refractivity contribution in [3.63, 3.8) is 0 Å². The summed E-state index contributed by atoms with van der Waals surface area (Å²) in [4.78, 5) is 16.7. The first kappa shape index (κ1) is 25.4. The molecule has 8 nitrogen and oxygen atoms in total. The van der Waals surface area contributed by atoms with Crippen LogP contribution in [0.25, 0.3) is 0 Å². The van der Waals surface area contributed by atoms with Gasteiger partial charge in [0.05, 0.1) is 18.6 Å². The Bertz CT molecular complexity index is 664. The van der Waals surface area contributed by atoms with E-state index in [-0.39, 0.29) is 0 Å². The topological polar surface area (TPSA) is 134 Å². The summed E-state index contributed by atoms with van der Waals surface area (Å²) in [5.74, 6) is 0. The first-order valence-corrected chi connectivity index (χ1v) is 11.0. The summed E-state index contributed by atoms with van der Waals surface area (Å²) in [5.41, 5.74) is 1.45. The van der Waals surface area contributed by atoms with Gasteiger partial charge in [0, 0.05) is 9.13 Å². The second-order valence-electron chi connectivity index (χ2n) is 6.31. The minimum Gasteiger partial charge on any atom is -0.396 e. The predicted molar refractivity (Wildman–Crippen MR) is 108 cm³/mol. The molecule has 0 aliphatic rings. The van der Waals surface area contributed by atoms with Gasteiger partial charge in [-0.2, -0.15) is 0 Å². The fourth-order valence-corrected chi connectivity index (χ4v) is 3.01.